The van der Waals surface area contributed by atoms with Gasteiger partial charge in [0.1, 0.15) is 6.10 Å². The molecule has 2 aliphatic rings. The lowest BCUT2D eigenvalue weighted by Gasteiger charge is -2.40. The number of carbonyl (C=O) groups excluding carboxylic acids is 1. The molecule has 0 aromatic heterocycles. The fraction of sp³-hybridized carbons (Fsp3) is 0.923. The van der Waals surface area contributed by atoms with E-state index in [0.29, 0.717) is 26.4 Å². The number of ether oxygens (including phenoxy) is 3. The molecule has 1 aliphatic carbocycles. The van der Waals surface area contributed by atoms with Gasteiger partial charge < -0.3 is 19.5 Å². The summed E-state index contributed by atoms with van der Waals surface area (Å²) in [6.07, 6.45) is 2.92. The summed E-state index contributed by atoms with van der Waals surface area (Å²) in [7, 11) is 1.65. The minimum absolute atomic E-state index is 0.0152. The van der Waals surface area contributed by atoms with Crippen LogP contribution in [0.5, 0.6) is 0 Å². The van der Waals surface area contributed by atoms with Crippen molar-refractivity contribution in [1.29, 1.82) is 0 Å². The van der Waals surface area contributed by atoms with E-state index in [9.17, 15) is 4.79 Å². The van der Waals surface area contributed by atoms with Gasteiger partial charge in [0.05, 0.1) is 31.3 Å². The van der Waals surface area contributed by atoms with Crippen molar-refractivity contribution in [2.24, 2.45) is 5.41 Å². The molecular weight excluding hydrogens is 234 g/mol. The first-order valence-electron chi connectivity index (χ1n) is 6.71. The van der Waals surface area contributed by atoms with Gasteiger partial charge in [0.15, 0.2) is 0 Å². The van der Waals surface area contributed by atoms with Crippen molar-refractivity contribution in [3.8, 4) is 0 Å². The smallest absolute Gasteiger partial charge is 0.228 e. The molecular formula is C13H23NO4. The topological polar surface area (TPSA) is 56.8 Å². The summed E-state index contributed by atoms with van der Waals surface area (Å²) in [4.78, 5) is 12.3. The highest BCUT2D eigenvalue weighted by Crippen LogP contribution is 2.41. The Kier molecular flexibility index (Phi) is 4.59. The van der Waals surface area contributed by atoms with Crippen LogP contribution in [-0.2, 0) is 19.0 Å². The molecule has 1 N–H and O–H groups in total. The van der Waals surface area contributed by atoms with Crippen molar-refractivity contribution in [3.05, 3.63) is 0 Å². The third-order valence-electron chi connectivity index (χ3n) is 3.94. The largest absolute Gasteiger partial charge is 0.384 e. The molecule has 0 radical (unpaired) electrons. The van der Waals surface area contributed by atoms with E-state index in [-0.39, 0.29) is 23.5 Å². The molecule has 1 saturated carbocycles. The third kappa shape index (κ3) is 2.68. The molecule has 1 aliphatic heterocycles. The molecule has 0 unspecified atom stereocenters. The first kappa shape index (κ1) is 13.8. The van der Waals surface area contributed by atoms with Crippen molar-refractivity contribution in [1.82, 2.24) is 5.32 Å². The van der Waals surface area contributed by atoms with E-state index in [1.54, 1.807) is 7.11 Å². The quantitative estimate of drug-likeness (QED) is 0.762. The van der Waals surface area contributed by atoms with Crippen molar-refractivity contribution < 1.29 is 19.0 Å². The average molecular weight is 257 g/mol. The normalized spacial score (nSPS) is 29.9. The van der Waals surface area contributed by atoms with Gasteiger partial charge in [-0.2, -0.15) is 0 Å². The van der Waals surface area contributed by atoms with Crippen molar-refractivity contribution in [2.45, 2.75) is 38.3 Å². The van der Waals surface area contributed by atoms with Crippen LogP contribution in [0.4, 0.5) is 0 Å². The summed E-state index contributed by atoms with van der Waals surface area (Å²) in [5, 5.41) is 3.07. The zero-order valence-corrected chi connectivity index (χ0v) is 11.2. The third-order valence-corrected chi connectivity index (χ3v) is 3.94. The highest BCUT2D eigenvalue weighted by Gasteiger charge is 2.45. The van der Waals surface area contributed by atoms with Gasteiger partial charge in [-0.1, -0.05) is 6.42 Å². The Bertz CT molecular complexity index is 291. The van der Waals surface area contributed by atoms with Crippen LogP contribution in [0.15, 0.2) is 0 Å². The van der Waals surface area contributed by atoms with Gasteiger partial charge in [-0.3, -0.25) is 4.79 Å². The van der Waals surface area contributed by atoms with E-state index < -0.39 is 0 Å². The van der Waals surface area contributed by atoms with Crippen LogP contribution in [0.25, 0.3) is 0 Å². The van der Waals surface area contributed by atoms with Crippen LogP contribution < -0.4 is 5.32 Å². The molecule has 1 amide bonds. The summed E-state index contributed by atoms with van der Waals surface area (Å²) < 4.78 is 16.1. The summed E-state index contributed by atoms with van der Waals surface area (Å²) >= 11 is 0. The van der Waals surface area contributed by atoms with Gasteiger partial charge in [-0.15, -0.1) is 0 Å². The molecule has 5 heteroatoms. The number of carbonyl (C=O) groups is 1. The highest BCUT2D eigenvalue weighted by atomic mass is 16.5. The molecule has 104 valence electrons. The van der Waals surface area contributed by atoms with Gasteiger partial charge >= 0.3 is 0 Å². The second kappa shape index (κ2) is 5.99. The maximum absolute atomic E-state index is 12.3. The Morgan fingerprint density at radius 1 is 1.44 bits per heavy atom. The Morgan fingerprint density at radius 3 is 2.78 bits per heavy atom. The van der Waals surface area contributed by atoms with Gasteiger partial charge in [0.2, 0.25) is 5.91 Å². The number of nitrogens with one attached hydrogen (secondary N) is 1. The summed E-state index contributed by atoms with van der Waals surface area (Å²) in [6, 6.07) is -0.0215. The molecule has 18 heavy (non-hydrogen) atoms. The Hall–Kier alpha value is -0.650. The van der Waals surface area contributed by atoms with Crippen molar-refractivity contribution >= 4 is 5.91 Å². The van der Waals surface area contributed by atoms with Crippen LogP contribution in [0.2, 0.25) is 0 Å². The Morgan fingerprint density at radius 2 is 2.22 bits per heavy atom. The maximum Gasteiger partial charge on any atom is 0.228 e. The standard InChI is InChI=1S/C13H23NO4/c1-3-18-11-8-17-7-10(11)14-12(15)13(9-16-2)5-4-6-13/h10-11H,3-9H2,1-2H3,(H,14,15)/t10-,11-/m0/s1. The SMILES string of the molecule is CCO[C@H]1COC[C@@H]1NC(=O)C1(COC)CCC1. The van der Waals surface area contributed by atoms with E-state index in [0.717, 1.165) is 19.3 Å². The molecule has 0 spiro atoms. The number of hydrogen-bond acceptors (Lipinski definition) is 4. The minimum Gasteiger partial charge on any atom is -0.384 e. The first-order chi connectivity index (χ1) is 8.72. The molecule has 2 fully saturated rings. The van der Waals surface area contributed by atoms with E-state index in [4.69, 9.17) is 14.2 Å². The fourth-order valence-electron chi connectivity index (χ4n) is 2.69. The number of methoxy groups -OCH3 is 1. The number of rotatable bonds is 6. The molecule has 1 heterocycles. The lowest BCUT2D eigenvalue weighted by Crippen LogP contribution is -2.54. The van der Waals surface area contributed by atoms with Crippen LogP contribution >= 0.6 is 0 Å². The van der Waals surface area contributed by atoms with E-state index >= 15 is 0 Å². The Labute approximate surface area is 108 Å². The molecule has 0 aromatic carbocycles. The summed E-state index contributed by atoms with van der Waals surface area (Å²) in [6.45, 7) is 4.21. The van der Waals surface area contributed by atoms with E-state index in [1.165, 1.54) is 0 Å². The summed E-state index contributed by atoms with van der Waals surface area (Å²) in [5.41, 5.74) is -0.311. The molecule has 2 atom stereocenters. The zero-order valence-electron chi connectivity index (χ0n) is 11.2. The lowest BCUT2D eigenvalue weighted by atomic mass is 9.68. The van der Waals surface area contributed by atoms with Crippen LogP contribution in [-0.4, -0.2) is 51.6 Å². The van der Waals surface area contributed by atoms with Crippen LogP contribution in [0.3, 0.4) is 0 Å². The van der Waals surface area contributed by atoms with Crippen LogP contribution in [0.1, 0.15) is 26.2 Å². The Balaban J connectivity index is 1.89. The first-order valence-corrected chi connectivity index (χ1v) is 6.71. The predicted octanol–water partition coefficient (Wildman–Crippen LogP) is 0.723. The van der Waals surface area contributed by atoms with Crippen molar-refractivity contribution in [2.75, 3.05) is 33.5 Å². The highest BCUT2D eigenvalue weighted by molar-refractivity contribution is 5.84. The van der Waals surface area contributed by atoms with Gasteiger partial charge in [0, 0.05) is 13.7 Å². The molecule has 2 rings (SSSR count). The fourth-order valence-corrected chi connectivity index (χ4v) is 2.69. The van der Waals surface area contributed by atoms with Crippen LogP contribution in [0, 0.1) is 5.41 Å². The average Bonchev–Trinajstić information content (AvgIpc) is 2.71. The summed E-state index contributed by atoms with van der Waals surface area (Å²) in [5.74, 6) is 0.0933. The van der Waals surface area contributed by atoms with Crippen molar-refractivity contribution in [3.63, 3.8) is 0 Å². The molecule has 5 nitrogen and oxygen atoms in total. The second-order valence-corrected chi connectivity index (χ2v) is 5.18. The van der Waals surface area contributed by atoms with Gasteiger partial charge in [-0.25, -0.2) is 0 Å². The van der Waals surface area contributed by atoms with Gasteiger partial charge in [0.25, 0.3) is 0 Å². The zero-order chi connectivity index (χ0) is 13.0. The minimum atomic E-state index is -0.311. The molecule has 1 saturated heterocycles. The molecule has 0 aromatic rings. The predicted molar refractivity (Wildman–Crippen MR) is 66.3 cm³/mol. The monoisotopic (exact) mass is 257 g/mol. The number of amides is 1. The number of hydrogen-bond donors (Lipinski definition) is 1. The van der Waals surface area contributed by atoms with E-state index in [2.05, 4.69) is 5.32 Å². The van der Waals surface area contributed by atoms with E-state index in [1.807, 2.05) is 6.92 Å². The maximum atomic E-state index is 12.3. The second-order valence-electron chi connectivity index (χ2n) is 5.18. The van der Waals surface area contributed by atoms with Gasteiger partial charge in [-0.05, 0) is 19.8 Å². The molecule has 0 bridgehead atoms. The lowest BCUT2D eigenvalue weighted by molar-refractivity contribution is -0.142.